The van der Waals surface area contributed by atoms with Crippen LogP contribution in [0.15, 0.2) is 0 Å². The van der Waals surface area contributed by atoms with Crippen LogP contribution in [0, 0.1) is 15.5 Å². The third kappa shape index (κ3) is 0.502. The summed E-state index contributed by atoms with van der Waals surface area (Å²) in [5, 5.41) is 19.0. The Hall–Kier alpha value is -1.13. The zero-order valence-corrected chi connectivity index (χ0v) is 5.74. The Morgan fingerprint density at radius 2 is 2.09 bits per heavy atom. The van der Waals surface area contributed by atoms with E-state index < -0.39 is 21.8 Å². The van der Waals surface area contributed by atoms with Crippen molar-refractivity contribution in [2.45, 2.75) is 24.8 Å². The average molecular weight is 157 g/mol. The Kier molecular flexibility index (Phi) is 0.831. The Labute approximate surface area is 62.2 Å². The number of rotatable bonds is 2. The molecule has 60 valence electrons. The normalized spacial score (nSPS) is 36.7. The lowest BCUT2D eigenvalue weighted by Gasteiger charge is -2.00. The first-order valence-electron chi connectivity index (χ1n) is 3.43. The molecule has 0 bridgehead atoms. The molecule has 1 unspecified atom stereocenters. The molecule has 1 spiro atoms. The molecule has 0 heterocycles. The number of aliphatic carboxylic acids is 1. The van der Waals surface area contributed by atoms with E-state index in [9.17, 15) is 14.9 Å². The smallest absolute Gasteiger partial charge is 0.383 e. The Balaban J connectivity index is 2.32. The highest BCUT2D eigenvalue weighted by molar-refractivity contribution is 5.84. The van der Waals surface area contributed by atoms with Crippen LogP contribution in [0.25, 0.3) is 0 Å². The van der Waals surface area contributed by atoms with Gasteiger partial charge in [-0.3, -0.25) is 10.1 Å². The zero-order chi connectivity index (χ0) is 8.28. The fourth-order valence-electron chi connectivity index (χ4n) is 1.83. The van der Waals surface area contributed by atoms with Crippen LogP contribution in [-0.2, 0) is 4.79 Å². The number of hydrogen-bond acceptors (Lipinski definition) is 3. The van der Waals surface area contributed by atoms with E-state index in [4.69, 9.17) is 5.11 Å². The predicted molar refractivity (Wildman–Crippen MR) is 33.6 cm³/mol. The van der Waals surface area contributed by atoms with Gasteiger partial charge in [-0.1, -0.05) is 0 Å². The van der Waals surface area contributed by atoms with E-state index in [2.05, 4.69) is 0 Å². The highest BCUT2D eigenvalue weighted by Crippen LogP contribution is 2.74. The number of carboxylic acids is 1. The summed E-state index contributed by atoms with van der Waals surface area (Å²) in [6.45, 7) is 0. The Morgan fingerprint density at radius 1 is 1.55 bits per heavy atom. The second kappa shape index (κ2) is 1.39. The molecule has 2 saturated carbocycles. The molecule has 0 radical (unpaired) electrons. The van der Waals surface area contributed by atoms with E-state index >= 15 is 0 Å². The molecule has 0 aromatic rings. The van der Waals surface area contributed by atoms with Crippen LogP contribution >= 0.6 is 0 Å². The molecule has 2 aliphatic carbocycles. The molecule has 1 atom stereocenters. The monoisotopic (exact) mass is 157 g/mol. The third-order valence-electron chi connectivity index (χ3n) is 2.87. The van der Waals surface area contributed by atoms with E-state index in [1.54, 1.807) is 0 Å². The summed E-state index contributed by atoms with van der Waals surface area (Å²) < 4.78 is 0. The zero-order valence-electron chi connectivity index (χ0n) is 5.74. The van der Waals surface area contributed by atoms with Crippen LogP contribution in [-0.4, -0.2) is 21.5 Å². The van der Waals surface area contributed by atoms with Crippen molar-refractivity contribution in [1.82, 2.24) is 0 Å². The van der Waals surface area contributed by atoms with Gasteiger partial charge in [-0.05, 0) is 12.8 Å². The topological polar surface area (TPSA) is 80.4 Å². The van der Waals surface area contributed by atoms with Gasteiger partial charge < -0.3 is 5.11 Å². The largest absolute Gasteiger partial charge is 0.476 e. The number of nitro groups is 1. The molecule has 5 heteroatoms. The fourth-order valence-corrected chi connectivity index (χ4v) is 1.83. The fraction of sp³-hybridized carbons (Fsp3) is 0.833. The van der Waals surface area contributed by atoms with Gasteiger partial charge in [0.1, 0.15) is 0 Å². The molecule has 0 aliphatic heterocycles. The van der Waals surface area contributed by atoms with Crippen molar-refractivity contribution in [3.63, 3.8) is 0 Å². The molecule has 0 aromatic heterocycles. The molecule has 2 rings (SSSR count). The molecule has 0 amide bonds. The van der Waals surface area contributed by atoms with E-state index in [0.717, 1.165) is 0 Å². The Morgan fingerprint density at radius 3 is 2.18 bits per heavy atom. The van der Waals surface area contributed by atoms with E-state index in [1.165, 1.54) is 0 Å². The third-order valence-corrected chi connectivity index (χ3v) is 2.87. The van der Waals surface area contributed by atoms with Crippen molar-refractivity contribution >= 4 is 5.97 Å². The van der Waals surface area contributed by atoms with Crippen LogP contribution in [0.4, 0.5) is 0 Å². The van der Waals surface area contributed by atoms with E-state index in [-0.39, 0.29) is 6.42 Å². The summed E-state index contributed by atoms with van der Waals surface area (Å²) in [6, 6.07) is 0. The quantitative estimate of drug-likeness (QED) is 0.460. The van der Waals surface area contributed by atoms with E-state index in [0.29, 0.717) is 12.8 Å². The maximum absolute atomic E-state index is 10.5. The first-order chi connectivity index (χ1) is 5.05. The lowest BCUT2D eigenvalue weighted by atomic mass is 10.2. The summed E-state index contributed by atoms with van der Waals surface area (Å²) in [5.74, 6) is -1.26. The van der Waals surface area contributed by atoms with E-state index in [1.807, 2.05) is 0 Å². The number of carbonyl (C=O) groups is 1. The maximum atomic E-state index is 10.5. The average Bonchev–Trinajstić information content (AvgIpc) is 2.73. The lowest BCUT2D eigenvalue weighted by molar-refractivity contribution is -0.530. The molecule has 1 N–H and O–H groups in total. The van der Waals surface area contributed by atoms with Crippen molar-refractivity contribution < 1.29 is 14.8 Å². The molecule has 2 fully saturated rings. The van der Waals surface area contributed by atoms with Crippen LogP contribution in [0.3, 0.4) is 0 Å². The highest BCUT2D eigenvalue weighted by Gasteiger charge is 2.88. The van der Waals surface area contributed by atoms with Gasteiger partial charge in [-0.25, -0.2) is 4.79 Å². The lowest BCUT2D eigenvalue weighted by Crippen LogP contribution is -2.34. The van der Waals surface area contributed by atoms with Gasteiger partial charge in [-0.15, -0.1) is 0 Å². The van der Waals surface area contributed by atoms with Gasteiger partial charge in [0.15, 0.2) is 0 Å². The maximum Gasteiger partial charge on any atom is 0.383 e. The molecule has 0 aromatic carbocycles. The van der Waals surface area contributed by atoms with Gasteiger partial charge in [0.2, 0.25) is 0 Å². The molecular weight excluding hydrogens is 150 g/mol. The second-order valence-electron chi connectivity index (χ2n) is 3.38. The van der Waals surface area contributed by atoms with Crippen molar-refractivity contribution in [1.29, 1.82) is 0 Å². The first-order valence-corrected chi connectivity index (χ1v) is 3.43. The van der Waals surface area contributed by atoms with Crippen molar-refractivity contribution in [2.75, 3.05) is 0 Å². The molecule has 2 aliphatic rings. The minimum atomic E-state index is -1.60. The standard InChI is InChI=1S/C6H7NO4/c8-4(9)6(7(10)11)3-5(6)1-2-5/h1-3H2,(H,8,9). The number of carboxylic acid groups (broad SMARTS) is 1. The van der Waals surface area contributed by atoms with Gasteiger partial charge in [-0.2, -0.15) is 0 Å². The predicted octanol–water partition coefficient (Wildman–Crippen LogP) is 0.270. The van der Waals surface area contributed by atoms with Gasteiger partial charge in [0, 0.05) is 11.3 Å². The number of nitrogens with zero attached hydrogens (tertiary/aromatic N) is 1. The summed E-state index contributed by atoms with van der Waals surface area (Å²) >= 11 is 0. The summed E-state index contributed by atoms with van der Waals surface area (Å²) in [7, 11) is 0. The highest BCUT2D eigenvalue weighted by atomic mass is 16.6. The molecule has 5 nitrogen and oxygen atoms in total. The molecule has 11 heavy (non-hydrogen) atoms. The van der Waals surface area contributed by atoms with Crippen LogP contribution < -0.4 is 0 Å². The van der Waals surface area contributed by atoms with Crippen molar-refractivity contribution in [2.24, 2.45) is 5.41 Å². The van der Waals surface area contributed by atoms with Crippen molar-refractivity contribution in [3.8, 4) is 0 Å². The van der Waals surface area contributed by atoms with Gasteiger partial charge in [0.05, 0.1) is 5.41 Å². The van der Waals surface area contributed by atoms with Gasteiger partial charge in [0.25, 0.3) is 0 Å². The summed E-state index contributed by atoms with van der Waals surface area (Å²) in [6.07, 6.45) is 1.66. The van der Waals surface area contributed by atoms with Crippen LogP contribution in [0.2, 0.25) is 0 Å². The number of hydrogen-bond donors (Lipinski definition) is 1. The first kappa shape index (κ1) is 6.57. The summed E-state index contributed by atoms with van der Waals surface area (Å²) in [4.78, 5) is 20.3. The van der Waals surface area contributed by atoms with Gasteiger partial charge >= 0.3 is 11.5 Å². The Bertz CT molecular complexity index is 241. The minimum absolute atomic E-state index is 0.238. The minimum Gasteiger partial charge on any atom is -0.476 e. The summed E-state index contributed by atoms with van der Waals surface area (Å²) in [5.41, 5.74) is -2.05. The molecular formula is C6H7NO4. The van der Waals surface area contributed by atoms with Crippen molar-refractivity contribution in [3.05, 3.63) is 10.1 Å². The SMILES string of the molecule is O=C(O)C1([N+](=O)[O-])CC12CC2. The second-order valence-corrected chi connectivity index (χ2v) is 3.38. The van der Waals surface area contributed by atoms with Crippen LogP contribution in [0.5, 0.6) is 0 Å². The van der Waals surface area contributed by atoms with Crippen LogP contribution in [0.1, 0.15) is 19.3 Å². The molecule has 0 saturated heterocycles.